The summed E-state index contributed by atoms with van der Waals surface area (Å²) in [7, 11) is 0. The molecule has 122 valence electrons. The highest BCUT2D eigenvalue weighted by atomic mass is 19.3. The Morgan fingerprint density at radius 1 is 1.26 bits per heavy atom. The van der Waals surface area contributed by atoms with Crippen molar-refractivity contribution >= 4 is 17.6 Å². The number of hydrogen-bond acceptors (Lipinski definition) is 4. The summed E-state index contributed by atoms with van der Waals surface area (Å²) in [6, 6.07) is 6.82. The van der Waals surface area contributed by atoms with Gasteiger partial charge in [0.2, 0.25) is 5.91 Å². The smallest absolute Gasteiger partial charge is 0.387 e. The van der Waals surface area contributed by atoms with Crippen LogP contribution in [-0.4, -0.2) is 28.2 Å². The number of rotatable bonds is 7. The maximum atomic E-state index is 12.0. The van der Waals surface area contributed by atoms with E-state index in [0.717, 1.165) is 0 Å². The van der Waals surface area contributed by atoms with Gasteiger partial charge in [0.05, 0.1) is 0 Å². The summed E-state index contributed by atoms with van der Waals surface area (Å²) in [5, 5.41) is 6.61. The van der Waals surface area contributed by atoms with Gasteiger partial charge >= 0.3 is 6.61 Å². The monoisotopic (exact) mass is 324 g/mol. The van der Waals surface area contributed by atoms with E-state index < -0.39 is 18.4 Å². The third-order valence-corrected chi connectivity index (χ3v) is 2.81. The molecule has 23 heavy (non-hydrogen) atoms. The first kappa shape index (κ1) is 16.4. The van der Waals surface area contributed by atoms with E-state index in [1.807, 2.05) is 0 Å². The van der Waals surface area contributed by atoms with Crippen LogP contribution in [0.3, 0.4) is 0 Å². The molecule has 0 saturated carbocycles. The molecular weight excluding hydrogens is 310 g/mol. The predicted molar refractivity (Wildman–Crippen MR) is 77.1 cm³/mol. The SMILES string of the molecule is NC(=O)CCn1ccc(NC(=O)c2ccc(OC(F)F)cc2)n1. The molecule has 0 aliphatic carbocycles. The first-order valence-electron chi connectivity index (χ1n) is 6.62. The number of alkyl halides is 2. The zero-order valence-corrected chi connectivity index (χ0v) is 11.9. The van der Waals surface area contributed by atoms with Crippen molar-refractivity contribution in [2.45, 2.75) is 19.6 Å². The minimum absolute atomic E-state index is 0.0349. The van der Waals surface area contributed by atoms with Gasteiger partial charge in [0.25, 0.3) is 5.91 Å². The Labute approximate surface area is 130 Å². The Bertz CT molecular complexity index is 686. The number of ether oxygens (including phenoxy) is 1. The number of nitrogens with zero attached hydrogens (tertiary/aromatic N) is 2. The molecule has 1 heterocycles. The average Bonchev–Trinajstić information content (AvgIpc) is 2.92. The zero-order chi connectivity index (χ0) is 16.8. The van der Waals surface area contributed by atoms with Crippen LogP contribution in [0.25, 0.3) is 0 Å². The lowest BCUT2D eigenvalue weighted by molar-refractivity contribution is -0.118. The number of nitrogens with one attached hydrogen (secondary N) is 1. The van der Waals surface area contributed by atoms with Crippen LogP contribution in [-0.2, 0) is 11.3 Å². The highest BCUT2D eigenvalue weighted by molar-refractivity contribution is 6.03. The van der Waals surface area contributed by atoms with E-state index in [4.69, 9.17) is 5.73 Å². The van der Waals surface area contributed by atoms with Crippen molar-refractivity contribution in [3.8, 4) is 5.75 Å². The Kier molecular flexibility index (Phi) is 5.23. The summed E-state index contributed by atoms with van der Waals surface area (Å²) in [5.41, 5.74) is 5.30. The number of anilines is 1. The van der Waals surface area contributed by atoms with Gasteiger partial charge < -0.3 is 15.8 Å². The number of carbonyl (C=O) groups is 2. The quantitative estimate of drug-likeness (QED) is 0.808. The number of primary amides is 1. The fraction of sp³-hybridized carbons (Fsp3) is 0.214. The number of aryl methyl sites for hydroxylation is 1. The van der Waals surface area contributed by atoms with Crippen LogP contribution in [0.4, 0.5) is 14.6 Å². The molecule has 3 N–H and O–H groups in total. The van der Waals surface area contributed by atoms with Crippen molar-refractivity contribution in [3.63, 3.8) is 0 Å². The molecule has 0 unspecified atom stereocenters. The summed E-state index contributed by atoms with van der Waals surface area (Å²) in [5.74, 6) is -0.634. The molecule has 2 rings (SSSR count). The van der Waals surface area contributed by atoms with E-state index in [9.17, 15) is 18.4 Å². The normalized spacial score (nSPS) is 10.6. The average molecular weight is 324 g/mol. The third kappa shape index (κ3) is 5.06. The Balaban J connectivity index is 1.94. The predicted octanol–water partition coefficient (Wildman–Crippen LogP) is 1.61. The van der Waals surface area contributed by atoms with Crippen LogP contribution in [0.1, 0.15) is 16.8 Å². The molecule has 0 bridgehead atoms. The Morgan fingerprint density at radius 2 is 1.96 bits per heavy atom. The lowest BCUT2D eigenvalue weighted by Crippen LogP contribution is -2.15. The van der Waals surface area contributed by atoms with Gasteiger partial charge in [-0.05, 0) is 24.3 Å². The number of amides is 2. The molecule has 0 fully saturated rings. The number of aromatic nitrogens is 2. The van der Waals surface area contributed by atoms with Crippen molar-refractivity contribution < 1.29 is 23.1 Å². The second kappa shape index (κ2) is 7.34. The molecule has 7 nitrogen and oxygen atoms in total. The molecule has 0 atom stereocenters. The van der Waals surface area contributed by atoms with Crippen molar-refractivity contribution in [2.75, 3.05) is 5.32 Å². The van der Waals surface area contributed by atoms with Gasteiger partial charge in [-0.15, -0.1) is 0 Å². The summed E-state index contributed by atoms with van der Waals surface area (Å²) < 4.78 is 29.8. The summed E-state index contributed by atoms with van der Waals surface area (Å²) in [6.45, 7) is -2.61. The Hall–Kier alpha value is -2.97. The summed E-state index contributed by atoms with van der Waals surface area (Å²) >= 11 is 0. The van der Waals surface area contributed by atoms with Gasteiger partial charge in [-0.2, -0.15) is 13.9 Å². The molecule has 2 aromatic rings. The highest BCUT2D eigenvalue weighted by Crippen LogP contribution is 2.15. The molecule has 0 saturated heterocycles. The molecule has 1 aromatic carbocycles. The second-order valence-electron chi connectivity index (χ2n) is 4.54. The van der Waals surface area contributed by atoms with Crippen LogP contribution in [0, 0.1) is 0 Å². The second-order valence-corrected chi connectivity index (χ2v) is 4.54. The van der Waals surface area contributed by atoms with Crippen molar-refractivity contribution in [1.82, 2.24) is 9.78 Å². The standard InChI is InChI=1S/C14H14F2N4O3/c15-14(16)23-10-3-1-9(2-4-10)13(22)18-12-6-8-20(19-12)7-5-11(17)21/h1-4,6,8,14H,5,7H2,(H2,17,21)(H,18,19,22). The molecule has 0 aliphatic rings. The largest absolute Gasteiger partial charge is 0.435 e. The van der Waals surface area contributed by atoms with Crippen molar-refractivity contribution in [3.05, 3.63) is 42.1 Å². The number of carbonyl (C=O) groups excluding carboxylic acids is 2. The maximum Gasteiger partial charge on any atom is 0.387 e. The molecule has 0 spiro atoms. The van der Waals surface area contributed by atoms with Gasteiger partial charge in [0, 0.05) is 30.8 Å². The first-order valence-corrected chi connectivity index (χ1v) is 6.62. The fourth-order valence-corrected chi connectivity index (χ4v) is 1.75. The fourth-order valence-electron chi connectivity index (χ4n) is 1.75. The van der Waals surface area contributed by atoms with Gasteiger partial charge in [-0.1, -0.05) is 0 Å². The third-order valence-electron chi connectivity index (χ3n) is 2.81. The van der Waals surface area contributed by atoms with Crippen LogP contribution in [0.5, 0.6) is 5.75 Å². The lowest BCUT2D eigenvalue weighted by Gasteiger charge is -2.05. The molecule has 1 aromatic heterocycles. The van der Waals surface area contributed by atoms with Gasteiger partial charge in [-0.3, -0.25) is 14.3 Å². The Morgan fingerprint density at radius 3 is 2.57 bits per heavy atom. The molecular formula is C14H14F2N4O3. The maximum absolute atomic E-state index is 12.0. The minimum Gasteiger partial charge on any atom is -0.435 e. The number of halogens is 2. The first-order chi connectivity index (χ1) is 10.9. The summed E-state index contributed by atoms with van der Waals surface area (Å²) in [4.78, 5) is 22.7. The summed E-state index contributed by atoms with van der Waals surface area (Å²) in [6.07, 6.45) is 1.73. The van der Waals surface area contributed by atoms with E-state index in [1.165, 1.54) is 28.9 Å². The van der Waals surface area contributed by atoms with Crippen molar-refractivity contribution in [1.29, 1.82) is 0 Å². The molecule has 0 radical (unpaired) electrons. The van der Waals surface area contributed by atoms with Crippen molar-refractivity contribution in [2.24, 2.45) is 5.73 Å². The van der Waals surface area contributed by atoms with Gasteiger partial charge in [0.15, 0.2) is 5.82 Å². The van der Waals surface area contributed by atoms with E-state index in [2.05, 4.69) is 15.2 Å². The zero-order valence-electron chi connectivity index (χ0n) is 11.9. The number of hydrogen-bond donors (Lipinski definition) is 2. The van der Waals surface area contributed by atoms with Crippen LogP contribution in [0.15, 0.2) is 36.5 Å². The molecule has 9 heteroatoms. The van der Waals surface area contributed by atoms with E-state index in [0.29, 0.717) is 12.4 Å². The lowest BCUT2D eigenvalue weighted by atomic mass is 10.2. The van der Waals surface area contributed by atoms with E-state index in [-0.39, 0.29) is 17.7 Å². The number of benzene rings is 1. The topological polar surface area (TPSA) is 99.2 Å². The van der Waals surface area contributed by atoms with E-state index in [1.54, 1.807) is 12.3 Å². The van der Waals surface area contributed by atoms with Crippen LogP contribution < -0.4 is 15.8 Å². The molecule has 2 amide bonds. The molecule has 0 aliphatic heterocycles. The number of nitrogens with two attached hydrogens (primary N) is 1. The minimum atomic E-state index is -2.92. The van der Waals surface area contributed by atoms with Gasteiger partial charge in [0.1, 0.15) is 5.75 Å². The van der Waals surface area contributed by atoms with Crippen LogP contribution >= 0.6 is 0 Å². The van der Waals surface area contributed by atoms with Gasteiger partial charge in [-0.25, -0.2) is 0 Å². The van der Waals surface area contributed by atoms with Crippen LogP contribution in [0.2, 0.25) is 0 Å². The highest BCUT2D eigenvalue weighted by Gasteiger charge is 2.10. The van der Waals surface area contributed by atoms with E-state index >= 15 is 0 Å².